The Balaban J connectivity index is 2.68. The van der Waals surface area contributed by atoms with Gasteiger partial charge >= 0.3 is 12.0 Å². The highest BCUT2D eigenvalue weighted by molar-refractivity contribution is 6.03. The summed E-state index contributed by atoms with van der Waals surface area (Å²) in [6, 6.07) is 6.34. The Morgan fingerprint density at radius 1 is 1.13 bits per heavy atom. The molecule has 3 amide bonds. The van der Waals surface area contributed by atoms with Gasteiger partial charge in [-0.3, -0.25) is 9.59 Å². The number of anilines is 1. The Morgan fingerprint density at radius 3 is 2.39 bits per heavy atom. The van der Waals surface area contributed by atoms with Crippen LogP contribution in [0, 0.1) is 0 Å². The molecule has 1 aromatic rings. The Hall–Kier alpha value is -2.57. The van der Waals surface area contributed by atoms with Gasteiger partial charge < -0.3 is 20.6 Å². The second-order valence-electron chi connectivity index (χ2n) is 4.90. The smallest absolute Gasteiger partial charge is 0.319 e. The van der Waals surface area contributed by atoms with E-state index in [9.17, 15) is 14.4 Å². The maximum Gasteiger partial charge on any atom is 0.319 e. The van der Waals surface area contributed by atoms with E-state index in [-0.39, 0.29) is 18.9 Å². The van der Waals surface area contributed by atoms with Crippen LogP contribution in [0.15, 0.2) is 24.3 Å². The van der Waals surface area contributed by atoms with Crippen LogP contribution in [0.2, 0.25) is 0 Å². The zero-order valence-corrected chi connectivity index (χ0v) is 13.5. The van der Waals surface area contributed by atoms with E-state index in [4.69, 9.17) is 5.11 Å². The van der Waals surface area contributed by atoms with Crippen LogP contribution in [0.3, 0.4) is 0 Å². The van der Waals surface area contributed by atoms with Crippen molar-refractivity contribution in [2.45, 2.75) is 26.7 Å². The standard InChI is InChI=1S/C16H23N3O4/c1-3-19(4-2)15(22)12-8-5-6-9-13(12)18-16(23)17-11-7-10-14(20)21/h5-6,8-9H,3-4,7,10-11H2,1-2H3,(H,20,21)(H2,17,18,23). The van der Waals surface area contributed by atoms with Gasteiger partial charge in [0.05, 0.1) is 11.3 Å². The summed E-state index contributed by atoms with van der Waals surface area (Å²) in [4.78, 5) is 36.4. The molecule has 1 rings (SSSR count). The normalized spacial score (nSPS) is 10.0. The van der Waals surface area contributed by atoms with Crippen molar-refractivity contribution >= 4 is 23.6 Å². The predicted molar refractivity (Wildman–Crippen MR) is 87.6 cm³/mol. The van der Waals surface area contributed by atoms with Crippen molar-refractivity contribution in [1.82, 2.24) is 10.2 Å². The summed E-state index contributed by atoms with van der Waals surface area (Å²) in [6.45, 7) is 5.22. The summed E-state index contributed by atoms with van der Waals surface area (Å²) < 4.78 is 0. The average Bonchev–Trinajstić information content (AvgIpc) is 2.53. The van der Waals surface area contributed by atoms with E-state index >= 15 is 0 Å². The number of carboxylic acids is 1. The molecule has 23 heavy (non-hydrogen) atoms. The van der Waals surface area contributed by atoms with Crippen LogP contribution < -0.4 is 10.6 Å². The highest BCUT2D eigenvalue weighted by Gasteiger charge is 2.17. The molecule has 0 atom stereocenters. The number of urea groups is 1. The summed E-state index contributed by atoms with van der Waals surface area (Å²) in [6.07, 6.45) is 0.347. The molecule has 0 spiro atoms. The number of amides is 3. The Bertz CT molecular complexity index is 556. The Morgan fingerprint density at radius 2 is 1.78 bits per heavy atom. The Labute approximate surface area is 135 Å². The van der Waals surface area contributed by atoms with Gasteiger partial charge in [0, 0.05) is 26.1 Å². The highest BCUT2D eigenvalue weighted by Crippen LogP contribution is 2.17. The van der Waals surface area contributed by atoms with Crippen LogP contribution in [0.4, 0.5) is 10.5 Å². The number of hydrogen-bond acceptors (Lipinski definition) is 3. The second-order valence-corrected chi connectivity index (χ2v) is 4.90. The molecule has 0 aromatic heterocycles. The summed E-state index contributed by atoms with van der Waals surface area (Å²) in [5.74, 6) is -1.04. The number of nitrogens with zero attached hydrogens (tertiary/aromatic N) is 1. The molecule has 7 heteroatoms. The number of carboxylic acid groups (broad SMARTS) is 1. The third-order valence-corrected chi connectivity index (χ3v) is 3.31. The third kappa shape index (κ3) is 5.98. The lowest BCUT2D eigenvalue weighted by molar-refractivity contribution is -0.137. The van der Waals surface area contributed by atoms with Crippen LogP contribution in [-0.2, 0) is 4.79 Å². The van der Waals surface area contributed by atoms with Gasteiger partial charge in [-0.15, -0.1) is 0 Å². The van der Waals surface area contributed by atoms with Gasteiger partial charge in [-0.05, 0) is 32.4 Å². The topological polar surface area (TPSA) is 98.7 Å². The van der Waals surface area contributed by atoms with Gasteiger partial charge in [0.2, 0.25) is 0 Å². The number of aliphatic carboxylic acids is 1. The summed E-state index contributed by atoms with van der Waals surface area (Å²) >= 11 is 0. The molecule has 3 N–H and O–H groups in total. The highest BCUT2D eigenvalue weighted by atomic mass is 16.4. The molecule has 1 aromatic carbocycles. The first-order valence-electron chi connectivity index (χ1n) is 7.64. The summed E-state index contributed by atoms with van der Waals surface area (Å²) in [7, 11) is 0. The number of nitrogens with one attached hydrogen (secondary N) is 2. The van der Waals surface area contributed by atoms with Crippen molar-refractivity contribution in [3.05, 3.63) is 29.8 Å². The first-order chi connectivity index (χ1) is 11.0. The molecule has 0 radical (unpaired) electrons. The fraction of sp³-hybridized carbons (Fsp3) is 0.438. The molecule has 126 valence electrons. The van der Waals surface area contributed by atoms with E-state index in [1.165, 1.54) is 0 Å². The van der Waals surface area contributed by atoms with Crippen LogP contribution in [0.5, 0.6) is 0 Å². The zero-order chi connectivity index (χ0) is 17.2. The molecule has 0 unspecified atom stereocenters. The van der Waals surface area contributed by atoms with Crippen molar-refractivity contribution in [3.8, 4) is 0 Å². The fourth-order valence-corrected chi connectivity index (χ4v) is 2.07. The van der Waals surface area contributed by atoms with Crippen molar-refractivity contribution in [1.29, 1.82) is 0 Å². The largest absolute Gasteiger partial charge is 0.481 e. The van der Waals surface area contributed by atoms with E-state index < -0.39 is 12.0 Å². The molecule has 0 heterocycles. The van der Waals surface area contributed by atoms with Crippen molar-refractivity contribution in [2.75, 3.05) is 25.0 Å². The average molecular weight is 321 g/mol. The van der Waals surface area contributed by atoms with E-state index in [1.54, 1.807) is 29.2 Å². The number of benzene rings is 1. The quantitative estimate of drug-likeness (QED) is 0.639. The molecule has 0 bridgehead atoms. The van der Waals surface area contributed by atoms with E-state index in [0.717, 1.165) is 0 Å². The molecule has 0 aliphatic carbocycles. The zero-order valence-electron chi connectivity index (χ0n) is 13.5. The van der Waals surface area contributed by atoms with E-state index in [0.29, 0.717) is 30.8 Å². The molecular formula is C16H23N3O4. The fourth-order valence-electron chi connectivity index (χ4n) is 2.07. The number of carbonyl (C=O) groups is 3. The minimum atomic E-state index is -0.901. The van der Waals surface area contributed by atoms with Gasteiger partial charge in [-0.2, -0.15) is 0 Å². The third-order valence-electron chi connectivity index (χ3n) is 3.31. The van der Waals surface area contributed by atoms with Crippen LogP contribution in [0.25, 0.3) is 0 Å². The summed E-state index contributed by atoms with van der Waals surface area (Å²) in [5.41, 5.74) is 0.858. The van der Waals surface area contributed by atoms with Crippen molar-refractivity contribution < 1.29 is 19.5 Å². The maximum atomic E-state index is 12.4. The van der Waals surface area contributed by atoms with Crippen LogP contribution in [-0.4, -0.2) is 47.5 Å². The molecule has 0 fully saturated rings. The predicted octanol–water partition coefficient (Wildman–Crippen LogP) is 2.15. The van der Waals surface area contributed by atoms with Gasteiger partial charge in [0.25, 0.3) is 5.91 Å². The monoisotopic (exact) mass is 321 g/mol. The molecule has 0 aliphatic heterocycles. The number of para-hydroxylation sites is 1. The first kappa shape index (κ1) is 18.5. The minimum absolute atomic E-state index is 0.00267. The molecule has 0 saturated carbocycles. The number of carbonyl (C=O) groups excluding carboxylic acids is 2. The lowest BCUT2D eigenvalue weighted by Gasteiger charge is -2.20. The van der Waals surface area contributed by atoms with Gasteiger partial charge in [-0.25, -0.2) is 4.79 Å². The lowest BCUT2D eigenvalue weighted by atomic mass is 10.1. The molecule has 0 aliphatic rings. The van der Waals surface area contributed by atoms with E-state index in [1.807, 2.05) is 13.8 Å². The first-order valence-corrected chi connectivity index (χ1v) is 7.64. The maximum absolute atomic E-state index is 12.4. The van der Waals surface area contributed by atoms with E-state index in [2.05, 4.69) is 10.6 Å². The van der Waals surface area contributed by atoms with Crippen LogP contribution >= 0.6 is 0 Å². The molecule has 0 saturated heterocycles. The SMILES string of the molecule is CCN(CC)C(=O)c1ccccc1NC(=O)NCCCC(=O)O. The number of rotatable bonds is 8. The Kier molecular flexibility index (Phi) is 7.59. The molecular weight excluding hydrogens is 298 g/mol. The number of hydrogen-bond donors (Lipinski definition) is 3. The van der Waals surface area contributed by atoms with Crippen molar-refractivity contribution in [2.24, 2.45) is 0 Å². The minimum Gasteiger partial charge on any atom is -0.481 e. The van der Waals surface area contributed by atoms with Gasteiger partial charge in [0.15, 0.2) is 0 Å². The van der Waals surface area contributed by atoms with Gasteiger partial charge in [0.1, 0.15) is 0 Å². The lowest BCUT2D eigenvalue weighted by Crippen LogP contribution is -2.33. The van der Waals surface area contributed by atoms with Gasteiger partial charge in [-0.1, -0.05) is 12.1 Å². The summed E-state index contributed by atoms with van der Waals surface area (Å²) in [5, 5.41) is 13.7. The second kappa shape index (κ2) is 9.45. The molecule has 7 nitrogen and oxygen atoms in total. The van der Waals surface area contributed by atoms with Crippen LogP contribution in [0.1, 0.15) is 37.0 Å². The van der Waals surface area contributed by atoms with Crippen molar-refractivity contribution in [3.63, 3.8) is 0 Å².